The molecule has 0 amide bonds. The van der Waals surface area contributed by atoms with Gasteiger partial charge in [0.2, 0.25) is 11.9 Å². The largest absolute Gasteiger partial charge is 0.392 e. The van der Waals surface area contributed by atoms with Crippen molar-refractivity contribution in [2.75, 3.05) is 11.1 Å². The molecule has 0 radical (unpaired) electrons. The Balaban J connectivity index is 1.85. The lowest BCUT2D eigenvalue weighted by atomic mass is 10.1. The molecule has 7 heteroatoms. The van der Waals surface area contributed by atoms with Crippen molar-refractivity contribution < 1.29 is 9.50 Å². The summed E-state index contributed by atoms with van der Waals surface area (Å²) < 4.78 is 12.9. The third-order valence-electron chi connectivity index (χ3n) is 3.45. The van der Waals surface area contributed by atoms with Gasteiger partial charge in [-0.1, -0.05) is 36.4 Å². The molecular formula is C17H16FN5O. The van der Waals surface area contributed by atoms with E-state index in [0.29, 0.717) is 29.4 Å². The van der Waals surface area contributed by atoms with Crippen LogP contribution in [0, 0.1) is 5.82 Å². The zero-order valence-electron chi connectivity index (χ0n) is 12.8. The molecule has 2 aromatic carbocycles. The number of aliphatic hydroxyl groups is 1. The van der Waals surface area contributed by atoms with E-state index in [1.54, 1.807) is 18.2 Å². The molecule has 1 heterocycles. The van der Waals surface area contributed by atoms with Crippen molar-refractivity contribution in [3.63, 3.8) is 0 Å². The molecular weight excluding hydrogens is 309 g/mol. The topological polar surface area (TPSA) is 97.0 Å². The maximum absolute atomic E-state index is 12.9. The molecule has 3 rings (SSSR count). The number of nitrogens with one attached hydrogen (secondary N) is 1. The Morgan fingerprint density at radius 3 is 2.50 bits per heavy atom. The summed E-state index contributed by atoms with van der Waals surface area (Å²) in [7, 11) is 0. The minimum absolute atomic E-state index is 0.0781. The van der Waals surface area contributed by atoms with E-state index >= 15 is 0 Å². The van der Waals surface area contributed by atoms with Crippen LogP contribution >= 0.6 is 0 Å². The first-order valence-electron chi connectivity index (χ1n) is 7.34. The van der Waals surface area contributed by atoms with Gasteiger partial charge >= 0.3 is 0 Å². The van der Waals surface area contributed by atoms with Crippen LogP contribution in [0.3, 0.4) is 0 Å². The normalized spacial score (nSPS) is 10.6. The first-order valence-corrected chi connectivity index (χ1v) is 7.34. The zero-order valence-corrected chi connectivity index (χ0v) is 12.8. The van der Waals surface area contributed by atoms with Crippen molar-refractivity contribution in [2.24, 2.45) is 0 Å². The van der Waals surface area contributed by atoms with Crippen LogP contribution in [0.2, 0.25) is 0 Å². The van der Waals surface area contributed by atoms with Crippen LogP contribution in [0.1, 0.15) is 11.1 Å². The number of benzene rings is 2. The van der Waals surface area contributed by atoms with E-state index in [9.17, 15) is 9.50 Å². The van der Waals surface area contributed by atoms with Crippen LogP contribution in [0.5, 0.6) is 0 Å². The van der Waals surface area contributed by atoms with Crippen molar-refractivity contribution in [1.29, 1.82) is 0 Å². The first-order chi connectivity index (χ1) is 11.7. The van der Waals surface area contributed by atoms with E-state index in [0.717, 1.165) is 5.56 Å². The number of nitrogen functional groups attached to an aromatic ring is 1. The zero-order chi connectivity index (χ0) is 16.9. The second kappa shape index (κ2) is 7.01. The number of anilines is 2. The van der Waals surface area contributed by atoms with E-state index in [-0.39, 0.29) is 18.4 Å². The number of aliphatic hydroxyl groups excluding tert-OH is 1. The highest BCUT2D eigenvalue weighted by atomic mass is 19.1. The van der Waals surface area contributed by atoms with Gasteiger partial charge in [0, 0.05) is 12.1 Å². The third-order valence-corrected chi connectivity index (χ3v) is 3.45. The van der Waals surface area contributed by atoms with Crippen LogP contribution in [0.4, 0.5) is 16.3 Å². The molecule has 0 fully saturated rings. The summed E-state index contributed by atoms with van der Waals surface area (Å²) in [6, 6.07) is 13.4. The van der Waals surface area contributed by atoms with Gasteiger partial charge in [-0.05, 0) is 23.3 Å². The van der Waals surface area contributed by atoms with E-state index in [1.165, 1.54) is 12.1 Å². The number of rotatable bonds is 5. The second-order valence-corrected chi connectivity index (χ2v) is 5.14. The molecule has 0 aliphatic carbocycles. The molecule has 122 valence electrons. The molecule has 1 aromatic heterocycles. The summed E-state index contributed by atoms with van der Waals surface area (Å²) in [6.07, 6.45) is 0. The molecule has 24 heavy (non-hydrogen) atoms. The van der Waals surface area contributed by atoms with Gasteiger partial charge in [0.25, 0.3) is 0 Å². The lowest BCUT2D eigenvalue weighted by molar-refractivity contribution is 0.282. The minimum Gasteiger partial charge on any atom is -0.392 e. The number of hydrogen-bond acceptors (Lipinski definition) is 6. The summed E-state index contributed by atoms with van der Waals surface area (Å²) in [5.41, 5.74) is 8.04. The van der Waals surface area contributed by atoms with Gasteiger partial charge < -0.3 is 16.2 Å². The molecule has 0 spiro atoms. The molecule has 0 saturated carbocycles. The summed E-state index contributed by atoms with van der Waals surface area (Å²) in [5, 5.41) is 12.5. The van der Waals surface area contributed by atoms with E-state index in [2.05, 4.69) is 20.3 Å². The lowest BCUT2D eigenvalue weighted by Crippen LogP contribution is -2.08. The average Bonchev–Trinajstić information content (AvgIpc) is 2.61. The summed E-state index contributed by atoms with van der Waals surface area (Å²) in [6.45, 7) is 0.297. The van der Waals surface area contributed by atoms with Crippen molar-refractivity contribution in [1.82, 2.24) is 15.0 Å². The average molecular weight is 325 g/mol. The Hall–Kier alpha value is -3.06. The van der Waals surface area contributed by atoms with Gasteiger partial charge in [-0.25, -0.2) is 4.39 Å². The highest BCUT2D eigenvalue weighted by molar-refractivity contribution is 5.62. The highest BCUT2D eigenvalue weighted by Crippen LogP contribution is 2.21. The van der Waals surface area contributed by atoms with Gasteiger partial charge in [0.1, 0.15) is 5.82 Å². The summed E-state index contributed by atoms with van der Waals surface area (Å²) in [4.78, 5) is 12.5. The van der Waals surface area contributed by atoms with Gasteiger partial charge in [-0.15, -0.1) is 0 Å². The minimum atomic E-state index is -0.286. The molecule has 6 nitrogen and oxygen atoms in total. The second-order valence-electron chi connectivity index (χ2n) is 5.14. The molecule has 0 bridgehead atoms. The fourth-order valence-corrected chi connectivity index (χ4v) is 2.25. The number of aromatic nitrogens is 3. The van der Waals surface area contributed by atoms with E-state index in [4.69, 9.17) is 5.73 Å². The lowest BCUT2D eigenvalue weighted by Gasteiger charge is -2.09. The Labute approximate surface area is 138 Å². The Morgan fingerprint density at radius 2 is 1.75 bits per heavy atom. The number of nitrogens with two attached hydrogens (primary N) is 1. The smallest absolute Gasteiger partial charge is 0.228 e. The standard InChI is InChI=1S/C17H16FN5O/c18-13-7-5-11(6-8-13)9-20-17-22-15(21-16(19)23-17)14-4-2-1-3-12(14)10-24/h1-8,24H,9-10H2,(H3,19,20,21,22,23). The van der Waals surface area contributed by atoms with Crippen LogP contribution < -0.4 is 11.1 Å². The predicted molar refractivity (Wildman–Crippen MR) is 89.3 cm³/mol. The molecule has 0 saturated heterocycles. The van der Waals surface area contributed by atoms with Gasteiger partial charge in [-0.3, -0.25) is 0 Å². The molecule has 0 aliphatic heterocycles. The molecule has 0 aliphatic rings. The van der Waals surface area contributed by atoms with Crippen molar-refractivity contribution in [3.05, 3.63) is 65.5 Å². The Kier molecular flexibility index (Phi) is 4.62. The highest BCUT2D eigenvalue weighted by Gasteiger charge is 2.10. The van der Waals surface area contributed by atoms with Crippen molar-refractivity contribution in [3.8, 4) is 11.4 Å². The van der Waals surface area contributed by atoms with Crippen LogP contribution in [0.15, 0.2) is 48.5 Å². The molecule has 0 unspecified atom stereocenters. The van der Waals surface area contributed by atoms with Crippen LogP contribution in [-0.2, 0) is 13.2 Å². The van der Waals surface area contributed by atoms with E-state index in [1.807, 2.05) is 18.2 Å². The van der Waals surface area contributed by atoms with E-state index < -0.39 is 0 Å². The van der Waals surface area contributed by atoms with Crippen LogP contribution in [-0.4, -0.2) is 20.1 Å². The predicted octanol–water partition coefficient (Wildman–Crippen LogP) is 2.36. The SMILES string of the molecule is Nc1nc(NCc2ccc(F)cc2)nc(-c2ccccc2CO)n1. The molecule has 4 N–H and O–H groups in total. The maximum atomic E-state index is 12.9. The summed E-state index contributed by atoms with van der Waals surface area (Å²) in [5.74, 6) is 0.490. The van der Waals surface area contributed by atoms with Gasteiger partial charge in [0.15, 0.2) is 5.82 Å². The fourth-order valence-electron chi connectivity index (χ4n) is 2.25. The van der Waals surface area contributed by atoms with Crippen LogP contribution in [0.25, 0.3) is 11.4 Å². The maximum Gasteiger partial charge on any atom is 0.228 e. The molecule has 3 aromatic rings. The number of hydrogen-bond donors (Lipinski definition) is 3. The van der Waals surface area contributed by atoms with Gasteiger partial charge in [-0.2, -0.15) is 15.0 Å². The Morgan fingerprint density at radius 1 is 1.00 bits per heavy atom. The Bertz CT molecular complexity index is 839. The quantitative estimate of drug-likeness (QED) is 0.666. The summed E-state index contributed by atoms with van der Waals surface area (Å²) >= 11 is 0. The van der Waals surface area contributed by atoms with Crippen molar-refractivity contribution >= 4 is 11.9 Å². The van der Waals surface area contributed by atoms with Crippen molar-refractivity contribution in [2.45, 2.75) is 13.2 Å². The third kappa shape index (κ3) is 3.64. The number of halogens is 1. The molecule has 0 atom stereocenters. The monoisotopic (exact) mass is 325 g/mol. The van der Waals surface area contributed by atoms with Gasteiger partial charge in [0.05, 0.1) is 6.61 Å². The number of nitrogens with zero attached hydrogens (tertiary/aromatic N) is 3. The fraction of sp³-hybridized carbons (Fsp3) is 0.118. The first kappa shape index (κ1) is 15.8.